The summed E-state index contributed by atoms with van der Waals surface area (Å²) < 4.78 is 23.0. The van der Waals surface area contributed by atoms with E-state index in [9.17, 15) is 14.0 Å². The van der Waals surface area contributed by atoms with Crippen LogP contribution < -0.4 is 5.32 Å². The van der Waals surface area contributed by atoms with Gasteiger partial charge in [0, 0.05) is 19.7 Å². The largest absolute Gasteiger partial charge is 0.383 e. The van der Waals surface area contributed by atoms with Gasteiger partial charge in [0.15, 0.2) is 5.69 Å². The molecule has 0 bridgehead atoms. The van der Waals surface area contributed by atoms with Crippen LogP contribution in [0.1, 0.15) is 54.2 Å². The van der Waals surface area contributed by atoms with Gasteiger partial charge in [-0.2, -0.15) is 4.37 Å². The Morgan fingerprint density at radius 3 is 2.52 bits per heavy atom. The van der Waals surface area contributed by atoms with Crippen molar-refractivity contribution in [3.05, 3.63) is 50.7 Å². The molecule has 1 heterocycles. The summed E-state index contributed by atoms with van der Waals surface area (Å²) in [5, 5.41) is 3.12. The normalized spacial score (nSPS) is 15.5. The van der Waals surface area contributed by atoms with Gasteiger partial charge in [0.05, 0.1) is 6.61 Å². The van der Waals surface area contributed by atoms with Gasteiger partial charge in [-0.15, -0.1) is 0 Å². The number of halogens is 3. The van der Waals surface area contributed by atoms with Gasteiger partial charge in [-0.1, -0.05) is 54.6 Å². The lowest BCUT2D eigenvalue weighted by atomic mass is 9.94. The monoisotopic (exact) mass is 487 g/mol. The lowest BCUT2D eigenvalue weighted by molar-refractivity contribution is -0.127. The molecule has 2 amide bonds. The first-order valence-electron chi connectivity index (χ1n) is 10.1. The number of amides is 2. The summed E-state index contributed by atoms with van der Waals surface area (Å²) in [6.45, 7) is 0.302. The minimum atomic E-state index is -0.998. The van der Waals surface area contributed by atoms with Crippen LogP contribution in [0.3, 0.4) is 0 Å². The highest BCUT2D eigenvalue weighted by molar-refractivity contribution is 7.11. The fourth-order valence-electron chi connectivity index (χ4n) is 3.71. The molecule has 1 unspecified atom stereocenters. The molecule has 1 aliphatic rings. The van der Waals surface area contributed by atoms with Crippen molar-refractivity contribution < 1.29 is 18.7 Å². The smallest absolute Gasteiger partial charge is 0.276 e. The average Bonchev–Trinajstić information content (AvgIpc) is 3.10. The SMILES string of the molecule is COCCN(C(=O)c1nsc(Cl)c1Cl)C(C(=O)NC1CCCCC1)c1ccc(F)cc1. The molecule has 1 atom stereocenters. The molecule has 0 aliphatic heterocycles. The van der Waals surface area contributed by atoms with E-state index in [1.807, 2.05) is 0 Å². The molecule has 2 aromatic rings. The molecule has 0 spiro atoms. The van der Waals surface area contributed by atoms with Gasteiger partial charge in [0.25, 0.3) is 5.91 Å². The number of aromatic nitrogens is 1. The molecule has 168 valence electrons. The van der Waals surface area contributed by atoms with E-state index < -0.39 is 17.8 Å². The zero-order valence-electron chi connectivity index (χ0n) is 17.1. The maximum Gasteiger partial charge on any atom is 0.276 e. The molecule has 1 fully saturated rings. The van der Waals surface area contributed by atoms with Gasteiger partial charge >= 0.3 is 0 Å². The van der Waals surface area contributed by atoms with E-state index in [1.54, 1.807) is 0 Å². The van der Waals surface area contributed by atoms with Crippen LogP contribution in [-0.4, -0.2) is 47.4 Å². The number of carbonyl (C=O) groups excluding carboxylic acids is 2. The molecule has 0 saturated heterocycles. The molecule has 31 heavy (non-hydrogen) atoms. The first kappa shape index (κ1) is 23.9. The van der Waals surface area contributed by atoms with Crippen LogP contribution in [0.2, 0.25) is 9.36 Å². The van der Waals surface area contributed by atoms with E-state index in [2.05, 4.69) is 9.69 Å². The van der Waals surface area contributed by atoms with E-state index >= 15 is 0 Å². The minimum Gasteiger partial charge on any atom is -0.383 e. The Kier molecular flexibility index (Phi) is 8.66. The lowest BCUT2D eigenvalue weighted by Gasteiger charge is -2.33. The molecule has 10 heteroatoms. The van der Waals surface area contributed by atoms with E-state index in [4.69, 9.17) is 27.9 Å². The number of methoxy groups -OCH3 is 1. The molecule has 3 rings (SSSR count). The van der Waals surface area contributed by atoms with Crippen LogP contribution in [0, 0.1) is 5.82 Å². The number of hydrogen-bond donors (Lipinski definition) is 1. The molecular weight excluding hydrogens is 464 g/mol. The highest BCUT2D eigenvalue weighted by atomic mass is 35.5. The fourth-order valence-corrected chi connectivity index (χ4v) is 4.70. The summed E-state index contributed by atoms with van der Waals surface area (Å²) in [5.74, 6) is -1.31. The maximum atomic E-state index is 13.6. The van der Waals surface area contributed by atoms with Crippen molar-refractivity contribution in [1.29, 1.82) is 0 Å². The summed E-state index contributed by atoms with van der Waals surface area (Å²) in [5.41, 5.74) is 0.460. The van der Waals surface area contributed by atoms with Crippen molar-refractivity contribution in [3.63, 3.8) is 0 Å². The van der Waals surface area contributed by atoms with E-state index in [0.29, 0.717) is 5.56 Å². The van der Waals surface area contributed by atoms with Gasteiger partial charge < -0.3 is 15.0 Å². The van der Waals surface area contributed by atoms with E-state index in [-0.39, 0.29) is 40.2 Å². The molecule has 1 saturated carbocycles. The van der Waals surface area contributed by atoms with Crippen LogP contribution >= 0.6 is 34.7 Å². The topological polar surface area (TPSA) is 71.5 Å². The van der Waals surface area contributed by atoms with Crippen molar-refractivity contribution in [2.75, 3.05) is 20.3 Å². The number of hydrogen-bond acceptors (Lipinski definition) is 5. The van der Waals surface area contributed by atoms with Crippen LogP contribution in [0.4, 0.5) is 4.39 Å². The number of nitrogens with one attached hydrogen (secondary N) is 1. The summed E-state index contributed by atoms with van der Waals surface area (Å²) in [6.07, 6.45) is 5.02. The second-order valence-electron chi connectivity index (χ2n) is 7.41. The highest BCUT2D eigenvalue weighted by Gasteiger charge is 2.35. The Labute approximate surface area is 194 Å². The zero-order chi connectivity index (χ0) is 22.4. The number of rotatable bonds is 8. The van der Waals surface area contributed by atoms with Gasteiger partial charge in [0.2, 0.25) is 5.91 Å². The fraction of sp³-hybridized carbons (Fsp3) is 0.476. The summed E-state index contributed by atoms with van der Waals surface area (Å²) in [7, 11) is 1.50. The standard InChI is InChI=1S/C21H24Cl2FN3O3S/c1-30-12-11-27(21(29)17-16(22)19(23)31-26-17)18(13-7-9-14(24)10-8-13)20(28)25-15-5-3-2-4-6-15/h7-10,15,18H,2-6,11-12H2,1H3,(H,25,28). The van der Waals surface area contributed by atoms with E-state index in [1.165, 1.54) is 36.3 Å². The maximum absolute atomic E-state index is 13.6. The van der Waals surface area contributed by atoms with Crippen molar-refractivity contribution in [2.24, 2.45) is 0 Å². The molecular formula is C21H24Cl2FN3O3S. The summed E-state index contributed by atoms with van der Waals surface area (Å²) in [4.78, 5) is 28.1. The van der Waals surface area contributed by atoms with Crippen molar-refractivity contribution >= 4 is 46.5 Å². The van der Waals surface area contributed by atoms with Crippen molar-refractivity contribution in [1.82, 2.24) is 14.6 Å². The van der Waals surface area contributed by atoms with Crippen LogP contribution in [0.15, 0.2) is 24.3 Å². The predicted molar refractivity (Wildman–Crippen MR) is 119 cm³/mol. The zero-order valence-corrected chi connectivity index (χ0v) is 19.4. The predicted octanol–water partition coefficient (Wildman–Crippen LogP) is 4.87. The quantitative estimate of drug-likeness (QED) is 0.576. The number of nitrogens with zero attached hydrogens (tertiary/aromatic N) is 2. The van der Waals surface area contributed by atoms with Crippen LogP contribution in [0.25, 0.3) is 0 Å². The second kappa shape index (κ2) is 11.2. The molecule has 1 N–H and O–H groups in total. The number of ether oxygens (including phenoxy) is 1. The first-order chi connectivity index (χ1) is 14.9. The molecule has 1 aliphatic carbocycles. The Morgan fingerprint density at radius 1 is 1.26 bits per heavy atom. The van der Waals surface area contributed by atoms with Gasteiger partial charge in [-0.3, -0.25) is 9.59 Å². The molecule has 6 nitrogen and oxygen atoms in total. The van der Waals surface area contributed by atoms with Crippen LogP contribution in [0.5, 0.6) is 0 Å². The lowest BCUT2D eigenvalue weighted by Crippen LogP contribution is -2.48. The summed E-state index contributed by atoms with van der Waals surface area (Å²) >= 11 is 13.1. The molecule has 0 radical (unpaired) electrons. The Bertz CT molecular complexity index is 904. The third kappa shape index (κ3) is 5.94. The third-order valence-corrected chi connectivity index (χ3v) is 6.91. The van der Waals surface area contributed by atoms with Gasteiger partial charge in [-0.25, -0.2) is 4.39 Å². The Morgan fingerprint density at radius 2 is 1.94 bits per heavy atom. The van der Waals surface area contributed by atoms with Crippen molar-refractivity contribution in [3.8, 4) is 0 Å². The van der Waals surface area contributed by atoms with Crippen molar-refractivity contribution in [2.45, 2.75) is 44.2 Å². The average molecular weight is 488 g/mol. The minimum absolute atomic E-state index is 0.0228. The first-order valence-corrected chi connectivity index (χ1v) is 11.6. The second-order valence-corrected chi connectivity index (χ2v) is 9.16. The third-order valence-electron chi connectivity index (χ3n) is 5.29. The molecule has 1 aromatic heterocycles. The highest BCUT2D eigenvalue weighted by Crippen LogP contribution is 2.32. The summed E-state index contributed by atoms with van der Waals surface area (Å²) in [6, 6.07) is 4.58. The van der Waals surface area contributed by atoms with Gasteiger partial charge in [-0.05, 0) is 42.1 Å². The van der Waals surface area contributed by atoms with Crippen LogP contribution in [-0.2, 0) is 9.53 Å². The number of benzene rings is 1. The van der Waals surface area contributed by atoms with Gasteiger partial charge in [0.1, 0.15) is 21.2 Å². The Balaban J connectivity index is 1.97. The van der Waals surface area contributed by atoms with E-state index in [0.717, 1.165) is 43.6 Å². The Hall–Kier alpha value is -1.74. The number of carbonyl (C=O) groups is 2. The molecule has 1 aromatic carbocycles.